The molecule has 0 radical (unpaired) electrons. The molecule has 2 aromatic rings. The monoisotopic (exact) mass is 304 g/mol. The van der Waals surface area contributed by atoms with Crippen molar-refractivity contribution in [3.05, 3.63) is 34.3 Å². The van der Waals surface area contributed by atoms with Crippen LogP contribution in [0.25, 0.3) is 0 Å². The van der Waals surface area contributed by atoms with Gasteiger partial charge in [-0.2, -0.15) is 0 Å². The largest absolute Gasteiger partial charge is 0.373 e. The minimum Gasteiger partial charge on any atom is -0.373 e. The van der Waals surface area contributed by atoms with Crippen molar-refractivity contribution in [1.29, 1.82) is 0 Å². The second-order valence-electron chi connectivity index (χ2n) is 5.39. The Morgan fingerprint density at radius 1 is 1.24 bits per heavy atom. The van der Waals surface area contributed by atoms with Gasteiger partial charge in [0.2, 0.25) is 0 Å². The van der Waals surface area contributed by atoms with Gasteiger partial charge in [-0.1, -0.05) is 33.3 Å². The van der Waals surface area contributed by atoms with Crippen LogP contribution in [0.5, 0.6) is 0 Å². The zero-order valence-electron chi connectivity index (χ0n) is 13.2. The highest BCUT2D eigenvalue weighted by Crippen LogP contribution is 2.33. The number of thiophene rings is 1. The summed E-state index contributed by atoms with van der Waals surface area (Å²) in [6, 6.07) is 4.60. The summed E-state index contributed by atoms with van der Waals surface area (Å²) in [6.45, 7) is 6.56. The molecular formula is C16H24N4S. The molecule has 0 spiro atoms. The van der Waals surface area contributed by atoms with E-state index in [1.54, 1.807) is 17.7 Å². The molecule has 4 nitrogen and oxygen atoms in total. The van der Waals surface area contributed by atoms with E-state index in [0.717, 1.165) is 30.0 Å². The summed E-state index contributed by atoms with van der Waals surface area (Å²) < 4.78 is 0. The molecule has 114 valence electrons. The second kappa shape index (κ2) is 7.41. The van der Waals surface area contributed by atoms with Crippen LogP contribution < -0.4 is 10.6 Å². The van der Waals surface area contributed by atoms with Crippen LogP contribution in [0.1, 0.15) is 56.0 Å². The van der Waals surface area contributed by atoms with Gasteiger partial charge in [-0.25, -0.2) is 9.97 Å². The van der Waals surface area contributed by atoms with Gasteiger partial charge in [-0.3, -0.25) is 0 Å². The summed E-state index contributed by atoms with van der Waals surface area (Å²) in [4.78, 5) is 10.2. The van der Waals surface area contributed by atoms with E-state index in [2.05, 4.69) is 58.9 Å². The maximum absolute atomic E-state index is 4.48. The van der Waals surface area contributed by atoms with Gasteiger partial charge < -0.3 is 10.6 Å². The Balaban J connectivity index is 2.32. The average molecular weight is 304 g/mol. The van der Waals surface area contributed by atoms with Gasteiger partial charge in [-0.05, 0) is 23.8 Å². The SMILES string of the molecule is CCCC(Nc1ncnc(NC)c1C(C)C)c1cccs1. The van der Waals surface area contributed by atoms with Crippen LogP contribution in [-0.4, -0.2) is 17.0 Å². The Labute approximate surface area is 131 Å². The van der Waals surface area contributed by atoms with Gasteiger partial charge in [0.25, 0.3) is 0 Å². The average Bonchev–Trinajstić information content (AvgIpc) is 3.00. The van der Waals surface area contributed by atoms with E-state index >= 15 is 0 Å². The summed E-state index contributed by atoms with van der Waals surface area (Å²) in [7, 11) is 1.90. The van der Waals surface area contributed by atoms with Crippen molar-refractivity contribution in [3.63, 3.8) is 0 Å². The standard InChI is InChI=1S/C16H24N4S/c1-5-7-12(13-8-6-9-21-13)20-16-14(11(2)3)15(17-4)18-10-19-16/h6,8-12H,5,7H2,1-4H3,(H2,17,18,19,20). The zero-order chi connectivity index (χ0) is 15.2. The Morgan fingerprint density at radius 2 is 2.00 bits per heavy atom. The molecule has 0 fully saturated rings. The summed E-state index contributed by atoms with van der Waals surface area (Å²) in [6.07, 6.45) is 3.85. The topological polar surface area (TPSA) is 49.8 Å². The summed E-state index contributed by atoms with van der Waals surface area (Å²) >= 11 is 1.79. The van der Waals surface area contributed by atoms with Gasteiger partial charge in [0, 0.05) is 17.5 Å². The highest BCUT2D eigenvalue weighted by molar-refractivity contribution is 7.10. The van der Waals surface area contributed by atoms with Gasteiger partial charge in [-0.15, -0.1) is 11.3 Å². The van der Waals surface area contributed by atoms with E-state index in [1.807, 2.05) is 7.05 Å². The molecule has 0 saturated carbocycles. The third-order valence-corrected chi connectivity index (χ3v) is 4.46. The lowest BCUT2D eigenvalue weighted by molar-refractivity contribution is 0.680. The van der Waals surface area contributed by atoms with E-state index in [0.29, 0.717) is 12.0 Å². The van der Waals surface area contributed by atoms with Crippen molar-refractivity contribution in [2.45, 2.75) is 45.6 Å². The second-order valence-corrected chi connectivity index (χ2v) is 6.37. The molecule has 0 aliphatic carbocycles. The molecule has 0 aliphatic rings. The number of aromatic nitrogens is 2. The number of anilines is 2. The molecule has 0 bridgehead atoms. The zero-order valence-corrected chi connectivity index (χ0v) is 14.0. The lowest BCUT2D eigenvalue weighted by Gasteiger charge is -2.22. The highest BCUT2D eigenvalue weighted by atomic mass is 32.1. The van der Waals surface area contributed by atoms with Crippen molar-refractivity contribution in [1.82, 2.24) is 9.97 Å². The van der Waals surface area contributed by atoms with Gasteiger partial charge in [0.15, 0.2) is 0 Å². The van der Waals surface area contributed by atoms with Crippen LogP contribution >= 0.6 is 11.3 Å². The quantitative estimate of drug-likeness (QED) is 0.781. The maximum Gasteiger partial charge on any atom is 0.135 e. The van der Waals surface area contributed by atoms with Crippen LogP contribution in [0.2, 0.25) is 0 Å². The number of nitrogens with zero attached hydrogens (tertiary/aromatic N) is 2. The molecule has 1 unspecified atom stereocenters. The van der Waals surface area contributed by atoms with Crippen molar-refractivity contribution in [3.8, 4) is 0 Å². The minimum atomic E-state index is 0.312. The van der Waals surface area contributed by atoms with Crippen LogP contribution in [0, 0.1) is 0 Å². The van der Waals surface area contributed by atoms with E-state index in [4.69, 9.17) is 0 Å². The molecule has 2 rings (SSSR count). The Morgan fingerprint density at radius 3 is 2.57 bits per heavy atom. The van der Waals surface area contributed by atoms with Crippen molar-refractivity contribution >= 4 is 23.0 Å². The lowest BCUT2D eigenvalue weighted by Crippen LogP contribution is -2.14. The van der Waals surface area contributed by atoms with E-state index < -0.39 is 0 Å². The smallest absolute Gasteiger partial charge is 0.135 e. The molecular weight excluding hydrogens is 280 g/mol. The normalized spacial score (nSPS) is 12.4. The number of hydrogen-bond donors (Lipinski definition) is 2. The van der Waals surface area contributed by atoms with Gasteiger partial charge in [0.1, 0.15) is 18.0 Å². The van der Waals surface area contributed by atoms with Crippen LogP contribution in [0.3, 0.4) is 0 Å². The Kier molecular flexibility index (Phi) is 5.56. The molecule has 0 saturated heterocycles. The van der Waals surface area contributed by atoms with E-state index in [-0.39, 0.29) is 0 Å². The van der Waals surface area contributed by atoms with E-state index in [9.17, 15) is 0 Å². The van der Waals surface area contributed by atoms with Crippen LogP contribution in [0.15, 0.2) is 23.8 Å². The van der Waals surface area contributed by atoms with Crippen LogP contribution in [-0.2, 0) is 0 Å². The number of rotatable bonds is 7. The molecule has 2 heterocycles. The molecule has 2 N–H and O–H groups in total. The number of nitrogens with one attached hydrogen (secondary N) is 2. The summed E-state index contributed by atoms with van der Waals surface area (Å²) in [5.74, 6) is 2.21. The molecule has 0 amide bonds. The first kappa shape index (κ1) is 15.8. The van der Waals surface area contributed by atoms with Crippen LogP contribution in [0.4, 0.5) is 11.6 Å². The predicted octanol–water partition coefficient (Wildman–Crippen LogP) is 4.66. The fourth-order valence-corrected chi connectivity index (χ4v) is 3.30. The summed E-state index contributed by atoms with van der Waals surface area (Å²) in [5.41, 5.74) is 1.15. The van der Waals surface area contributed by atoms with Gasteiger partial charge >= 0.3 is 0 Å². The predicted molar refractivity (Wildman–Crippen MR) is 91.3 cm³/mol. The Hall–Kier alpha value is -1.62. The van der Waals surface area contributed by atoms with Crippen molar-refractivity contribution < 1.29 is 0 Å². The highest BCUT2D eigenvalue weighted by Gasteiger charge is 2.18. The summed E-state index contributed by atoms with van der Waals surface area (Å²) in [5, 5.41) is 8.92. The fourth-order valence-electron chi connectivity index (χ4n) is 2.49. The first-order valence-electron chi connectivity index (χ1n) is 7.49. The molecule has 2 aromatic heterocycles. The Bertz CT molecular complexity index is 551. The van der Waals surface area contributed by atoms with E-state index in [1.165, 1.54) is 4.88 Å². The van der Waals surface area contributed by atoms with Crippen molar-refractivity contribution in [2.24, 2.45) is 0 Å². The molecule has 0 aromatic carbocycles. The molecule has 5 heteroatoms. The third-order valence-electron chi connectivity index (χ3n) is 3.47. The maximum atomic E-state index is 4.48. The van der Waals surface area contributed by atoms with Gasteiger partial charge in [0.05, 0.1) is 6.04 Å². The molecule has 1 atom stereocenters. The first-order valence-corrected chi connectivity index (χ1v) is 8.37. The lowest BCUT2D eigenvalue weighted by atomic mass is 10.0. The fraction of sp³-hybridized carbons (Fsp3) is 0.500. The first-order chi connectivity index (χ1) is 10.2. The third kappa shape index (κ3) is 3.73. The molecule has 21 heavy (non-hydrogen) atoms. The molecule has 0 aliphatic heterocycles. The number of hydrogen-bond acceptors (Lipinski definition) is 5. The van der Waals surface area contributed by atoms with Crippen molar-refractivity contribution in [2.75, 3.05) is 17.7 Å². The minimum absolute atomic E-state index is 0.312.